The summed E-state index contributed by atoms with van der Waals surface area (Å²) in [5.74, 6) is 0.908. The number of ether oxygens (including phenoxy) is 1. The smallest absolute Gasteiger partial charge is 0.238 e. The number of rotatable bonds is 6. The fourth-order valence-electron chi connectivity index (χ4n) is 2.45. The molecule has 4 nitrogen and oxygen atoms in total. The van der Waals surface area contributed by atoms with Gasteiger partial charge >= 0.3 is 0 Å². The molecule has 1 amide bonds. The summed E-state index contributed by atoms with van der Waals surface area (Å²) in [6.07, 6.45) is 4.89. The maximum Gasteiger partial charge on any atom is 0.238 e. The second-order valence-corrected chi connectivity index (χ2v) is 5.75. The summed E-state index contributed by atoms with van der Waals surface area (Å²) in [5, 5.41) is 2.95. The first-order valence-corrected chi connectivity index (χ1v) is 7.96. The highest BCUT2D eigenvalue weighted by Crippen LogP contribution is 2.18. The molecule has 1 aliphatic heterocycles. The predicted molar refractivity (Wildman–Crippen MR) is 85.7 cm³/mol. The molecular weight excluding hydrogens is 264 g/mol. The second kappa shape index (κ2) is 8.03. The Morgan fingerprint density at radius 2 is 1.90 bits per heavy atom. The Labute approximate surface area is 127 Å². The highest BCUT2D eigenvalue weighted by Gasteiger charge is 2.13. The monoisotopic (exact) mass is 290 g/mol. The van der Waals surface area contributed by atoms with Gasteiger partial charge in [-0.3, -0.25) is 9.69 Å². The average Bonchev–Trinajstić information content (AvgIpc) is 2.50. The van der Waals surface area contributed by atoms with Crippen molar-refractivity contribution >= 4 is 11.6 Å². The molecule has 1 aromatic rings. The van der Waals surface area contributed by atoms with Gasteiger partial charge in [-0.1, -0.05) is 13.3 Å². The van der Waals surface area contributed by atoms with Crippen LogP contribution in [0.5, 0.6) is 5.75 Å². The molecule has 1 saturated heterocycles. The van der Waals surface area contributed by atoms with Crippen LogP contribution in [-0.4, -0.2) is 36.5 Å². The van der Waals surface area contributed by atoms with Gasteiger partial charge in [0.05, 0.1) is 12.6 Å². The molecule has 1 fully saturated rings. The van der Waals surface area contributed by atoms with Crippen molar-refractivity contribution in [1.29, 1.82) is 0 Å². The molecule has 0 aliphatic carbocycles. The van der Waals surface area contributed by atoms with Crippen LogP contribution in [0, 0.1) is 0 Å². The van der Waals surface area contributed by atoms with E-state index in [0.717, 1.165) is 30.9 Å². The largest absolute Gasteiger partial charge is 0.491 e. The van der Waals surface area contributed by atoms with E-state index in [0.29, 0.717) is 6.54 Å². The lowest BCUT2D eigenvalue weighted by Gasteiger charge is -2.25. The molecule has 1 aromatic carbocycles. The summed E-state index contributed by atoms with van der Waals surface area (Å²) < 4.78 is 5.72. The maximum absolute atomic E-state index is 12.0. The number of likely N-dealkylation sites (tertiary alicyclic amines) is 1. The summed E-state index contributed by atoms with van der Waals surface area (Å²) in [4.78, 5) is 14.2. The van der Waals surface area contributed by atoms with E-state index < -0.39 is 0 Å². The summed E-state index contributed by atoms with van der Waals surface area (Å²) in [5.41, 5.74) is 0.827. The molecule has 0 radical (unpaired) electrons. The lowest BCUT2D eigenvalue weighted by molar-refractivity contribution is -0.117. The predicted octanol–water partition coefficient (Wildman–Crippen LogP) is 3.29. The summed E-state index contributed by atoms with van der Waals surface area (Å²) in [7, 11) is 0. The van der Waals surface area contributed by atoms with E-state index in [-0.39, 0.29) is 12.0 Å². The van der Waals surface area contributed by atoms with Crippen molar-refractivity contribution in [2.24, 2.45) is 0 Å². The number of anilines is 1. The van der Waals surface area contributed by atoms with Crippen molar-refractivity contribution in [1.82, 2.24) is 4.90 Å². The van der Waals surface area contributed by atoms with E-state index >= 15 is 0 Å². The number of nitrogens with zero attached hydrogens (tertiary/aromatic N) is 1. The second-order valence-electron chi connectivity index (χ2n) is 5.75. The third-order valence-electron chi connectivity index (χ3n) is 3.87. The fraction of sp³-hybridized carbons (Fsp3) is 0.588. The lowest BCUT2D eigenvalue weighted by atomic mass is 10.1. The number of hydrogen-bond donors (Lipinski definition) is 1. The minimum Gasteiger partial charge on any atom is -0.491 e. The van der Waals surface area contributed by atoms with E-state index in [9.17, 15) is 4.79 Å². The van der Waals surface area contributed by atoms with E-state index in [1.807, 2.05) is 31.2 Å². The van der Waals surface area contributed by atoms with Gasteiger partial charge in [0.25, 0.3) is 0 Å². The Morgan fingerprint density at radius 3 is 2.52 bits per heavy atom. The average molecular weight is 290 g/mol. The summed E-state index contributed by atoms with van der Waals surface area (Å²) in [6, 6.07) is 7.60. The molecule has 0 aromatic heterocycles. The van der Waals surface area contributed by atoms with Gasteiger partial charge in [-0.2, -0.15) is 0 Å². The quantitative estimate of drug-likeness (QED) is 0.874. The summed E-state index contributed by atoms with van der Waals surface area (Å²) in [6.45, 7) is 6.71. The zero-order valence-electron chi connectivity index (χ0n) is 13.1. The van der Waals surface area contributed by atoms with Crippen molar-refractivity contribution in [3.63, 3.8) is 0 Å². The van der Waals surface area contributed by atoms with Crippen molar-refractivity contribution in [2.75, 3.05) is 25.0 Å². The molecule has 2 rings (SSSR count). The number of nitrogens with one attached hydrogen (secondary N) is 1. The van der Waals surface area contributed by atoms with Crippen LogP contribution in [0.4, 0.5) is 5.69 Å². The highest BCUT2D eigenvalue weighted by molar-refractivity contribution is 5.92. The van der Waals surface area contributed by atoms with Crippen molar-refractivity contribution in [3.8, 4) is 5.75 Å². The third-order valence-corrected chi connectivity index (χ3v) is 3.87. The zero-order chi connectivity index (χ0) is 15.1. The molecule has 4 heteroatoms. The van der Waals surface area contributed by atoms with Gasteiger partial charge in [0, 0.05) is 5.69 Å². The van der Waals surface area contributed by atoms with Crippen molar-refractivity contribution in [3.05, 3.63) is 24.3 Å². The Bertz CT molecular complexity index is 439. The van der Waals surface area contributed by atoms with Crippen LogP contribution in [-0.2, 0) is 4.79 Å². The Morgan fingerprint density at radius 1 is 1.24 bits per heavy atom. The summed E-state index contributed by atoms with van der Waals surface area (Å²) >= 11 is 0. The van der Waals surface area contributed by atoms with Crippen LogP contribution in [0.1, 0.15) is 39.5 Å². The van der Waals surface area contributed by atoms with E-state index in [2.05, 4.69) is 17.1 Å². The van der Waals surface area contributed by atoms with E-state index in [4.69, 9.17) is 4.74 Å². The van der Waals surface area contributed by atoms with Gasteiger partial charge in [-0.25, -0.2) is 0 Å². The molecular formula is C17H26N2O2. The Balaban J connectivity index is 1.80. The Hall–Kier alpha value is -1.55. The van der Waals surface area contributed by atoms with Crippen LogP contribution in [0.3, 0.4) is 0 Å². The topological polar surface area (TPSA) is 41.6 Å². The molecule has 0 saturated carbocycles. The van der Waals surface area contributed by atoms with E-state index in [1.54, 1.807) is 0 Å². The molecule has 1 N–H and O–H groups in total. The highest BCUT2D eigenvalue weighted by atomic mass is 16.5. The number of carbonyl (C=O) groups is 1. The standard InChI is InChI=1S/C17H26N2O2/c1-3-14(2)21-16-9-7-15(8-10-16)18-17(20)13-19-11-5-4-6-12-19/h7-10,14H,3-6,11-13H2,1-2H3,(H,18,20). The van der Waals surface area contributed by atoms with Crippen LogP contribution in [0.2, 0.25) is 0 Å². The van der Waals surface area contributed by atoms with Crippen LogP contribution < -0.4 is 10.1 Å². The number of hydrogen-bond acceptors (Lipinski definition) is 3. The van der Waals surface area contributed by atoms with Crippen molar-refractivity contribution in [2.45, 2.75) is 45.6 Å². The molecule has 1 unspecified atom stereocenters. The molecule has 21 heavy (non-hydrogen) atoms. The van der Waals surface area contributed by atoms with Gasteiger partial charge in [0.1, 0.15) is 5.75 Å². The van der Waals surface area contributed by atoms with Crippen molar-refractivity contribution < 1.29 is 9.53 Å². The number of amides is 1. The molecule has 1 atom stereocenters. The van der Waals surface area contributed by atoms with Crippen LogP contribution in [0.15, 0.2) is 24.3 Å². The maximum atomic E-state index is 12.0. The van der Waals surface area contributed by atoms with Gasteiger partial charge < -0.3 is 10.1 Å². The minimum atomic E-state index is 0.0625. The van der Waals surface area contributed by atoms with E-state index in [1.165, 1.54) is 19.3 Å². The Kier molecular flexibility index (Phi) is 6.05. The molecule has 116 valence electrons. The number of benzene rings is 1. The SMILES string of the molecule is CCC(C)Oc1ccc(NC(=O)CN2CCCCC2)cc1. The molecule has 0 bridgehead atoms. The van der Waals surface area contributed by atoms with Crippen LogP contribution >= 0.6 is 0 Å². The minimum absolute atomic E-state index is 0.0625. The molecule has 1 heterocycles. The lowest BCUT2D eigenvalue weighted by Crippen LogP contribution is -2.36. The van der Waals surface area contributed by atoms with Crippen LogP contribution in [0.25, 0.3) is 0 Å². The molecule has 0 spiro atoms. The van der Waals surface area contributed by atoms with Gasteiger partial charge in [-0.15, -0.1) is 0 Å². The number of piperidine rings is 1. The zero-order valence-corrected chi connectivity index (χ0v) is 13.1. The third kappa shape index (κ3) is 5.38. The van der Waals surface area contributed by atoms with Gasteiger partial charge in [0.2, 0.25) is 5.91 Å². The number of carbonyl (C=O) groups excluding carboxylic acids is 1. The van der Waals surface area contributed by atoms with Gasteiger partial charge in [0.15, 0.2) is 0 Å². The molecule has 1 aliphatic rings. The normalized spacial score (nSPS) is 17.2. The first kappa shape index (κ1) is 15.8. The first-order valence-electron chi connectivity index (χ1n) is 7.96. The van der Waals surface area contributed by atoms with Gasteiger partial charge in [-0.05, 0) is 63.5 Å². The fourth-order valence-corrected chi connectivity index (χ4v) is 2.45. The first-order chi connectivity index (χ1) is 10.2.